The first-order valence-electron chi connectivity index (χ1n) is 6.40. The summed E-state index contributed by atoms with van der Waals surface area (Å²) in [4.78, 5) is 22.3. The Morgan fingerprint density at radius 2 is 2.20 bits per heavy atom. The molecule has 0 saturated heterocycles. The number of non-ortho nitro benzene ring substituents is 1. The average Bonchev–Trinajstić information content (AvgIpc) is 2.38. The molecule has 7 heteroatoms. The lowest BCUT2D eigenvalue weighted by Gasteiger charge is -2.26. The van der Waals surface area contributed by atoms with E-state index in [1.807, 2.05) is 0 Å². The second kappa shape index (κ2) is 6.19. The summed E-state index contributed by atoms with van der Waals surface area (Å²) in [5, 5.41) is 23.2. The van der Waals surface area contributed by atoms with E-state index >= 15 is 0 Å². The van der Waals surface area contributed by atoms with Gasteiger partial charge in [0.25, 0.3) is 11.6 Å². The highest BCUT2D eigenvalue weighted by molar-refractivity contribution is 6.33. The number of benzene rings is 1. The molecule has 1 amide bonds. The molecule has 0 aliphatic heterocycles. The first-order valence-corrected chi connectivity index (χ1v) is 6.78. The van der Waals surface area contributed by atoms with Gasteiger partial charge in [0.1, 0.15) is 0 Å². The first-order chi connectivity index (χ1) is 9.47. The van der Waals surface area contributed by atoms with Crippen LogP contribution in [0.3, 0.4) is 0 Å². The standard InChI is InChI=1S/C13H15ClN2O4/c14-12-5-4-9(16(19)20)7-11(12)13(18)15-8-2-1-3-10(17)6-8/h4-5,7-8,10,17H,1-3,6H2,(H,15,18). The highest BCUT2D eigenvalue weighted by atomic mass is 35.5. The van der Waals surface area contributed by atoms with Crippen LogP contribution in [0, 0.1) is 10.1 Å². The maximum atomic E-state index is 12.1. The van der Waals surface area contributed by atoms with Gasteiger partial charge in [-0.15, -0.1) is 0 Å². The van der Waals surface area contributed by atoms with E-state index in [1.165, 1.54) is 12.1 Å². The molecule has 2 rings (SSSR count). The molecule has 1 fully saturated rings. The van der Waals surface area contributed by atoms with Crippen LogP contribution in [0.2, 0.25) is 5.02 Å². The van der Waals surface area contributed by atoms with Crippen LogP contribution in [0.25, 0.3) is 0 Å². The maximum absolute atomic E-state index is 12.1. The predicted octanol–water partition coefficient (Wildman–Crippen LogP) is 2.28. The van der Waals surface area contributed by atoms with E-state index in [4.69, 9.17) is 11.6 Å². The van der Waals surface area contributed by atoms with Gasteiger partial charge >= 0.3 is 0 Å². The summed E-state index contributed by atoms with van der Waals surface area (Å²) in [5.41, 5.74) is -0.0934. The lowest BCUT2D eigenvalue weighted by atomic mass is 9.93. The molecule has 0 bridgehead atoms. The number of nitrogens with zero attached hydrogens (tertiary/aromatic N) is 1. The summed E-state index contributed by atoms with van der Waals surface area (Å²) in [5.74, 6) is -0.446. The zero-order chi connectivity index (χ0) is 14.7. The third-order valence-electron chi connectivity index (χ3n) is 3.39. The van der Waals surface area contributed by atoms with Gasteiger partial charge in [0.05, 0.1) is 21.6 Å². The van der Waals surface area contributed by atoms with Gasteiger partial charge in [-0.1, -0.05) is 11.6 Å². The number of carbonyl (C=O) groups is 1. The Hall–Kier alpha value is -1.66. The van der Waals surface area contributed by atoms with Crippen molar-refractivity contribution in [2.24, 2.45) is 0 Å². The number of nitro benzene ring substituents is 1. The summed E-state index contributed by atoms with van der Waals surface area (Å²) in [7, 11) is 0. The molecule has 0 radical (unpaired) electrons. The molecule has 108 valence electrons. The van der Waals surface area contributed by atoms with E-state index in [9.17, 15) is 20.0 Å². The number of hydrogen-bond acceptors (Lipinski definition) is 4. The van der Waals surface area contributed by atoms with Gasteiger partial charge in [-0.3, -0.25) is 14.9 Å². The minimum Gasteiger partial charge on any atom is -0.393 e. The molecule has 2 atom stereocenters. The second-order valence-corrected chi connectivity index (χ2v) is 5.32. The molecule has 20 heavy (non-hydrogen) atoms. The number of nitro groups is 1. The molecular formula is C13H15ClN2O4. The molecule has 0 aromatic heterocycles. The zero-order valence-corrected chi connectivity index (χ0v) is 11.5. The van der Waals surface area contributed by atoms with E-state index in [-0.39, 0.29) is 22.3 Å². The first kappa shape index (κ1) is 14.7. The van der Waals surface area contributed by atoms with Crippen LogP contribution in [0.5, 0.6) is 0 Å². The Kier molecular flexibility index (Phi) is 4.57. The summed E-state index contributed by atoms with van der Waals surface area (Å²) in [6.45, 7) is 0. The second-order valence-electron chi connectivity index (χ2n) is 4.91. The smallest absolute Gasteiger partial charge is 0.270 e. The SMILES string of the molecule is O=C(NC1CCCC(O)C1)c1cc([N+](=O)[O-])ccc1Cl. The van der Waals surface area contributed by atoms with Crippen LogP contribution >= 0.6 is 11.6 Å². The van der Waals surface area contributed by atoms with E-state index in [0.717, 1.165) is 25.3 Å². The fourth-order valence-corrected chi connectivity index (χ4v) is 2.56. The molecular weight excluding hydrogens is 284 g/mol. The van der Waals surface area contributed by atoms with Crippen LogP contribution in [-0.2, 0) is 0 Å². The molecule has 2 N–H and O–H groups in total. The average molecular weight is 299 g/mol. The largest absolute Gasteiger partial charge is 0.393 e. The summed E-state index contributed by atoms with van der Waals surface area (Å²) < 4.78 is 0. The van der Waals surface area contributed by atoms with Crippen LogP contribution in [-0.4, -0.2) is 28.1 Å². The molecule has 1 saturated carbocycles. The molecule has 1 aromatic carbocycles. The van der Waals surface area contributed by atoms with Gasteiger partial charge in [-0.25, -0.2) is 0 Å². The highest BCUT2D eigenvalue weighted by Gasteiger charge is 2.23. The fourth-order valence-electron chi connectivity index (χ4n) is 2.36. The van der Waals surface area contributed by atoms with Crippen molar-refractivity contribution in [1.29, 1.82) is 0 Å². The molecule has 6 nitrogen and oxygen atoms in total. The Balaban J connectivity index is 2.12. The fraction of sp³-hybridized carbons (Fsp3) is 0.462. The Morgan fingerprint density at radius 3 is 2.85 bits per heavy atom. The molecule has 2 unspecified atom stereocenters. The van der Waals surface area contributed by atoms with Crippen molar-refractivity contribution >= 4 is 23.2 Å². The van der Waals surface area contributed by atoms with E-state index in [2.05, 4.69) is 5.32 Å². The number of hydrogen-bond donors (Lipinski definition) is 2. The highest BCUT2D eigenvalue weighted by Crippen LogP contribution is 2.23. The minimum atomic E-state index is -0.572. The summed E-state index contributed by atoms with van der Waals surface area (Å²) in [6.07, 6.45) is 2.46. The van der Waals surface area contributed by atoms with Crippen molar-refractivity contribution in [3.05, 3.63) is 38.9 Å². The molecule has 1 aliphatic carbocycles. The van der Waals surface area contributed by atoms with Crippen LogP contribution in [0.1, 0.15) is 36.0 Å². The van der Waals surface area contributed by atoms with Crippen molar-refractivity contribution < 1.29 is 14.8 Å². The number of rotatable bonds is 3. The van der Waals surface area contributed by atoms with Crippen LogP contribution in [0.4, 0.5) is 5.69 Å². The Labute approximate surface area is 120 Å². The third kappa shape index (κ3) is 3.46. The monoisotopic (exact) mass is 298 g/mol. The summed E-state index contributed by atoms with van der Waals surface area (Å²) >= 11 is 5.91. The normalized spacial score (nSPS) is 22.3. The predicted molar refractivity (Wildman–Crippen MR) is 73.8 cm³/mol. The summed E-state index contributed by atoms with van der Waals surface area (Å²) in [6, 6.07) is 3.63. The van der Waals surface area contributed by atoms with Gasteiger partial charge in [0, 0.05) is 18.2 Å². The van der Waals surface area contributed by atoms with Gasteiger partial charge in [0.2, 0.25) is 0 Å². The van der Waals surface area contributed by atoms with Crippen LogP contribution in [0.15, 0.2) is 18.2 Å². The molecule has 0 spiro atoms. The zero-order valence-electron chi connectivity index (χ0n) is 10.7. The quantitative estimate of drug-likeness (QED) is 0.661. The lowest BCUT2D eigenvalue weighted by molar-refractivity contribution is -0.384. The van der Waals surface area contributed by atoms with Crippen molar-refractivity contribution in [3.8, 4) is 0 Å². The van der Waals surface area contributed by atoms with E-state index in [1.54, 1.807) is 0 Å². The van der Waals surface area contributed by atoms with Crippen LogP contribution < -0.4 is 5.32 Å². The van der Waals surface area contributed by atoms with Gasteiger partial charge < -0.3 is 10.4 Å². The van der Waals surface area contributed by atoms with Gasteiger partial charge in [0.15, 0.2) is 0 Å². The van der Waals surface area contributed by atoms with E-state index < -0.39 is 16.9 Å². The van der Waals surface area contributed by atoms with Gasteiger partial charge in [-0.05, 0) is 31.7 Å². The van der Waals surface area contributed by atoms with E-state index in [0.29, 0.717) is 6.42 Å². The number of amides is 1. The number of halogens is 1. The van der Waals surface area contributed by atoms with Crippen molar-refractivity contribution in [3.63, 3.8) is 0 Å². The lowest BCUT2D eigenvalue weighted by Crippen LogP contribution is -2.39. The topological polar surface area (TPSA) is 92.5 Å². The maximum Gasteiger partial charge on any atom is 0.270 e. The van der Waals surface area contributed by atoms with Crippen molar-refractivity contribution in [2.75, 3.05) is 0 Å². The number of nitrogens with one attached hydrogen (secondary N) is 1. The Morgan fingerprint density at radius 1 is 1.45 bits per heavy atom. The van der Waals surface area contributed by atoms with Gasteiger partial charge in [-0.2, -0.15) is 0 Å². The minimum absolute atomic E-state index is 0.0842. The number of aliphatic hydroxyl groups excluding tert-OH is 1. The molecule has 1 aromatic rings. The van der Waals surface area contributed by atoms with Crippen molar-refractivity contribution in [2.45, 2.75) is 37.8 Å². The molecule has 0 heterocycles. The number of aliphatic hydroxyl groups is 1. The number of carbonyl (C=O) groups excluding carboxylic acids is 1. The third-order valence-corrected chi connectivity index (χ3v) is 3.72. The van der Waals surface area contributed by atoms with Crippen molar-refractivity contribution in [1.82, 2.24) is 5.32 Å². The molecule has 1 aliphatic rings. The Bertz CT molecular complexity index is 535.